The van der Waals surface area contributed by atoms with Crippen molar-refractivity contribution < 1.29 is 71.7 Å². The van der Waals surface area contributed by atoms with E-state index >= 15 is 0 Å². The number of fused-ring (bicyclic) bond motifs is 2. The van der Waals surface area contributed by atoms with E-state index in [1.165, 1.54) is 60.9 Å². The Bertz CT molecular complexity index is 1780. The van der Waals surface area contributed by atoms with Gasteiger partial charge in [-0.1, -0.05) is 88.4 Å². The van der Waals surface area contributed by atoms with Crippen LogP contribution in [0.15, 0.2) is 97.1 Å². The molecular weight excluding hydrogens is 721 g/mol. The average molecular weight is 768 g/mol. The van der Waals surface area contributed by atoms with Crippen molar-refractivity contribution in [2.45, 2.75) is 60.8 Å². The molecule has 2 unspecified atom stereocenters. The molecule has 51 heavy (non-hydrogen) atoms. The normalized spacial score (nSPS) is 14.8. The third kappa shape index (κ3) is 13.0. The summed E-state index contributed by atoms with van der Waals surface area (Å²) in [5.74, 6) is -2.74. The van der Waals surface area contributed by atoms with Crippen LogP contribution in [0.1, 0.15) is 101 Å². The van der Waals surface area contributed by atoms with Gasteiger partial charge in [0.1, 0.15) is 23.7 Å². The Labute approximate surface area is 325 Å². The van der Waals surface area contributed by atoms with Gasteiger partial charge < -0.3 is 15.0 Å². The van der Waals surface area contributed by atoms with E-state index in [2.05, 4.69) is 75.4 Å². The minimum atomic E-state index is -1.19. The fraction of sp³-hybridized carbons (Fsp3) is 0.286. The Morgan fingerprint density at radius 3 is 1.47 bits per heavy atom. The SMILES string of the molecule is CC(C)Cc1ccccc1.CC1C(=O)c2ccc(O)cc2C1=O.CC=O.CCC(=O)C1C(=O)c2ccc(O)cc2C1=O.CCc1ccccc1.[Y]. The number of aldehydes is 1. The van der Waals surface area contributed by atoms with Crippen LogP contribution in [0.4, 0.5) is 0 Å². The number of ketones is 5. The first-order valence-corrected chi connectivity index (χ1v) is 16.6. The molecule has 2 atom stereocenters. The van der Waals surface area contributed by atoms with E-state index < -0.39 is 23.4 Å². The van der Waals surface area contributed by atoms with E-state index in [4.69, 9.17) is 9.90 Å². The van der Waals surface area contributed by atoms with Gasteiger partial charge in [0, 0.05) is 61.4 Å². The van der Waals surface area contributed by atoms with E-state index in [-0.39, 0.29) is 79.1 Å². The zero-order valence-corrected chi connectivity index (χ0v) is 32.9. The van der Waals surface area contributed by atoms with Crippen LogP contribution >= 0.6 is 0 Å². The summed E-state index contributed by atoms with van der Waals surface area (Å²) in [7, 11) is 0. The molecule has 0 amide bonds. The molecule has 0 heterocycles. The number of benzene rings is 4. The predicted molar refractivity (Wildman–Crippen MR) is 194 cm³/mol. The molecule has 4 aromatic rings. The summed E-state index contributed by atoms with van der Waals surface area (Å²) >= 11 is 0. The van der Waals surface area contributed by atoms with Gasteiger partial charge in [-0.15, -0.1) is 0 Å². The van der Waals surface area contributed by atoms with Crippen LogP contribution in [-0.2, 0) is 55.1 Å². The molecule has 2 aliphatic rings. The van der Waals surface area contributed by atoms with Gasteiger partial charge in [-0.25, -0.2) is 0 Å². The molecule has 0 bridgehead atoms. The monoisotopic (exact) mass is 767 g/mol. The topological polar surface area (TPSA) is 143 Å². The van der Waals surface area contributed by atoms with Crippen LogP contribution in [0.2, 0.25) is 0 Å². The number of aromatic hydroxyl groups is 2. The molecule has 8 nitrogen and oxygen atoms in total. The number of aryl methyl sites for hydroxylation is 1. The van der Waals surface area contributed by atoms with Gasteiger partial charge in [-0.05, 0) is 80.1 Å². The van der Waals surface area contributed by atoms with Crippen molar-refractivity contribution in [2.75, 3.05) is 0 Å². The molecule has 265 valence electrons. The van der Waals surface area contributed by atoms with E-state index in [1.807, 2.05) is 6.07 Å². The molecule has 0 aliphatic heterocycles. The minimum absolute atomic E-state index is 0. The summed E-state index contributed by atoms with van der Waals surface area (Å²) in [6.07, 6.45) is 3.24. The molecule has 2 aliphatic carbocycles. The fourth-order valence-corrected chi connectivity index (χ4v) is 5.21. The summed E-state index contributed by atoms with van der Waals surface area (Å²) in [6.45, 7) is 11.3. The van der Waals surface area contributed by atoms with Crippen LogP contribution in [0.25, 0.3) is 0 Å². The first kappa shape index (κ1) is 44.6. The average Bonchev–Trinajstić information content (AvgIpc) is 3.48. The summed E-state index contributed by atoms with van der Waals surface area (Å²) in [4.78, 5) is 66.7. The third-order valence-electron chi connectivity index (χ3n) is 7.79. The quantitative estimate of drug-likeness (QED) is 0.153. The van der Waals surface area contributed by atoms with E-state index in [0.29, 0.717) is 11.1 Å². The van der Waals surface area contributed by atoms with E-state index in [1.54, 1.807) is 13.8 Å². The first-order valence-electron chi connectivity index (χ1n) is 16.6. The molecule has 0 saturated heterocycles. The molecular formula is C42H46O8Y. The van der Waals surface area contributed by atoms with Gasteiger partial charge in [-0.2, -0.15) is 0 Å². The van der Waals surface area contributed by atoms with Crippen molar-refractivity contribution in [3.63, 3.8) is 0 Å². The number of carbonyl (C=O) groups is 6. The van der Waals surface area contributed by atoms with Crippen LogP contribution in [0, 0.1) is 17.8 Å². The maximum Gasteiger partial charge on any atom is 0.182 e. The van der Waals surface area contributed by atoms with E-state index in [9.17, 15) is 29.1 Å². The standard InChI is InChI=1S/C12H10O4.C10H8O3.C10H14.C8H10.C2H4O.Y/c1-2-9(14)10-11(15)7-4-3-6(13)5-8(7)12(10)16;1-5-9(12)7-3-2-6(11)4-8(7)10(5)13;1-9(2)8-10-6-4-3-5-7-10;1-2-8-6-4-3-5-7-8;1-2-3;/h3-5,10,13H,2H2,1H3;2-5,11H,1H3;3-7,9H,8H2,1-2H3;3-7H,2H2,1H3;2H,1H3;. The van der Waals surface area contributed by atoms with Gasteiger partial charge in [-0.3, -0.25) is 24.0 Å². The molecule has 0 aromatic heterocycles. The zero-order chi connectivity index (χ0) is 37.4. The second-order valence-electron chi connectivity index (χ2n) is 12.0. The number of phenols is 2. The van der Waals surface area contributed by atoms with Crippen LogP contribution < -0.4 is 0 Å². The molecule has 4 aromatic carbocycles. The van der Waals surface area contributed by atoms with Gasteiger partial charge in [0.2, 0.25) is 0 Å². The van der Waals surface area contributed by atoms with Gasteiger partial charge >= 0.3 is 0 Å². The molecule has 0 spiro atoms. The van der Waals surface area contributed by atoms with Crippen molar-refractivity contribution >= 4 is 35.2 Å². The maximum absolute atomic E-state index is 11.8. The predicted octanol–water partition coefficient (Wildman–Crippen LogP) is 8.11. The van der Waals surface area contributed by atoms with Crippen LogP contribution in [-0.4, -0.2) is 45.4 Å². The Kier molecular flexibility index (Phi) is 19.6. The number of hydrogen-bond donors (Lipinski definition) is 2. The first-order chi connectivity index (χ1) is 23.8. The zero-order valence-electron chi connectivity index (χ0n) is 30.1. The molecule has 9 heteroatoms. The Hall–Kier alpha value is -4.40. The van der Waals surface area contributed by atoms with Gasteiger partial charge in [0.25, 0.3) is 0 Å². The van der Waals surface area contributed by atoms with Crippen molar-refractivity contribution in [1.82, 2.24) is 0 Å². The molecule has 2 N–H and O–H groups in total. The molecule has 6 rings (SSSR count). The van der Waals surface area contributed by atoms with Gasteiger partial charge in [0.15, 0.2) is 28.9 Å². The number of rotatable bonds is 5. The fourth-order valence-electron chi connectivity index (χ4n) is 5.21. The summed E-state index contributed by atoms with van der Waals surface area (Å²) < 4.78 is 0. The Balaban J connectivity index is 0.000000338. The molecule has 0 saturated carbocycles. The van der Waals surface area contributed by atoms with Gasteiger partial charge in [0.05, 0.1) is 5.92 Å². The summed E-state index contributed by atoms with van der Waals surface area (Å²) in [5.41, 5.74) is 4.00. The Morgan fingerprint density at radius 2 is 1.06 bits per heavy atom. The summed E-state index contributed by atoms with van der Waals surface area (Å²) in [5, 5.41) is 18.4. The molecule has 1 radical (unpaired) electrons. The van der Waals surface area contributed by atoms with Crippen molar-refractivity contribution in [1.29, 1.82) is 0 Å². The number of carbonyl (C=O) groups excluding carboxylic acids is 6. The smallest absolute Gasteiger partial charge is 0.182 e. The maximum atomic E-state index is 11.8. The number of hydrogen-bond acceptors (Lipinski definition) is 8. The largest absolute Gasteiger partial charge is 0.508 e. The second kappa shape index (κ2) is 22.4. The van der Waals surface area contributed by atoms with Crippen molar-refractivity contribution in [3.05, 3.63) is 130 Å². The van der Waals surface area contributed by atoms with Crippen LogP contribution in [0.3, 0.4) is 0 Å². The van der Waals surface area contributed by atoms with Crippen molar-refractivity contribution in [2.24, 2.45) is 17.8 Å². The number of phenolic OH excluding ortho intramolecular Hbond substituents is 2. The van der Waals surface area contributed by atoms with Crippen LogP contribution in [0.5, 0.6) is 11.5 Å². The Morgan fingerprint density at radius 1 is 0.667 bits per heavy atom. The molecule has 0 fully saturated rings. The summed E-state index contributed by atoms with van der Waals surface area (Å²) in [6, 6.07) is 29.3. The van der Waals surface area contributed by atoms with Crippen molar-refractivity contribution in [3.8, 4) is 11.5 Å². The minimum Gasteiger partial charge on any atom is -0.508 e. The second-order valence-corrected chi connectivity index (χ2v) is 12.0. The van der Waals surface area contributed by atoms with E-state index in [0.717, 1.165) is 18.6 Å². The third-order valence-corrected chi connectivity index (χ3v) is 7.79. The number of Topliss-reactive ketones (excluding diaryl/α,β-unsaturated/α-hetero) is 5.